The smallest absolute Gasteiger partial charge is 0.419 e. The average molecular weight is 370 g/mol. The molecule has 136 valence electrons. The van der Waals surface area contributed by atoms with E-state index in [9.17, 15) is 18.0 Å². The molecule has 2 unspecified atom stereocenters. The normalized spacial score (nSPS) is 21.7. The summed E-state index contributed by atoms with van der Waals surface area (Å²) >= 11 is 0. The lowest BCUT2D eigenvalue weighted by molar-refractivity contribution is -0.144. The van der Waals surface area contributed by atoms with Crippen LogP contribution < -0.4 is 5.76 Å². The van der Waals surface area contributed by atoms with Crippen LogP contribution in [-0.2, 0) is 31.3 Å². The number of carbonyl (C=O) groups is 1. The van der Waals surface area contributed by atoms with Crippen LogP contribution >= 0.6 is 0 Å². The number of nitrogens with zero attached hydrogens (tertiary/aromatic N) is 2. The molecule has 0 aliphatic carbocycles. The zero-order valence-electron chi connectivity index (χ0n) is 14.0. The molecule has 0 amide bonds. The van der Waals surface area contributed by atoms with Crippen LogP contribution in [0.25, 0.3) is 11.1 Å². The van der Waals surface area contributed by atoms with Crippen molar-refractivity contribution in [2.75, 3.05) is 20.8 Å². The Morgan fingerprint density at radius 2 is 2.04 bits per heavy atom. The molecule has 3 rings (SSSR count). The summed E-state index contributed by atoms with van der Waals surface area (Å²) < 4.78 is 43.3. The maximum absolute atomic E-state index is 13.0. The summed E-state index contributed by atoms with van der Waals surface area (Å²) in [6.45, 7) is 0.0426. The van der Waals surface area contributed by atoms with Gasteiger partial charge in [-0.1, -0.05) is 0 Å². The number of carbonyl (C=O) groups excluding carboxylic acids is 1. The number of oxazole rings is 1. The highest BCUT2D eigenvalue weighted by molar-refractivity contribution is 7.89. The predicted octanol–water partition coefficient (Wildman–Crippen LogP) is 0.0825. The fraction of sp³-hybridized carbons (Fsp3) is 0.467. The minimum absolute atomic E-state index is 0.0398. The van der Waals surface area contributed by atoms with Crippen LogP contribution in [-0.4, -0.2) is 56.2 Å². The molecule has 2 aromatic rings. The highest BCUT2D eigenvalue weighted by Crippen LogP contribution is 2.29. The summed E-state index contributed by atoms with van der Waals surface area (Å²) in [5, 5.41) is 0. The number of aryl methyl sites for hydroxylation is 1. The van der Waals surface area contributed by atoms with Crippen LogP contribution in [0.4, 0.5) is 0 Å². The molecule has 1 saturated heterocycles. The first-order valence-corrected chi connectivity index (χ1v) is 8.95. The Hall–Kier alpha value is -2.17. The van der Waals surface area contributed by atoms with Gasteiger partial charge in [-0.15, -0.1) is 0 Å². The molecular formula is C15H18N2O7S. The topological polar surface area (TPSA) is 108 Å². The Balaban J connectivity index is 2.06. The second-order valence-electron chi connectivity index (χ2n) is 5.76. The molecule has 0 N–H and O–H groups in total. The summed E-state index contributed by atoms with van der Waals surface area (Å²) in [5.74, 6) is -1.22. The molecule has 1 aromatic carbocycles. The van der Waals surface area contributed by atoms with Gasteiger partial charge >= 0.3 is 11.7 Å². The molecule has 9 nitrogen and oxygen atoms in total. The fourth-order valence-corrected chi connectivity index (χ4v) is 4.60. The van der Waals surface area contributed by atoms with Gasteiger partial charge in [0.25, 0.3) is 0 Å². The Bertz CT molecular complexity index is 975. The molecule has 0 saturated carbocycles. The van der Waals surface area contributed by atoms with Gasteiger partial charge in [-0.05, 0) is 18.2 Å². The number of hydrogen-bond donors (Lipinski definition) is 0. The van der Waals surface area contributed by atoms with Gasteiger partial charge in [0.1, 0.15) is 6.04 Å². The van der Waals surface area contributed by atoms with Gasteiger partial charge in [-0.3, -0.25) is 9.36 Å². The van der Waals surface area contributed by atoms with Crippen molar-refractivity contribution < 1.29 is 27.1 Å². The standard InChI is InChI=1S/C15H18N2O7S/c1-16-11-7-10(4-5-13(11)24-15(16)19)25(20,21)17-8-9(22-2)6-12(17)14(18)23-3/h4-5,7,9,12H,6,8H2,1-3H3. The third-order valence-corrected chi connectivity index (χ3v) is 6.26. The molecule has 0 spiro atoms. The number of methoxy groups -OCH3 is 2. The number of rotatable bonds is 4. The Kier molecular flexibility index (Phi) is 4.43. The minimum atomic E-state index is -3.99. The van der Waals surface area contributed by atoms with Crippen molar-refractivity contribution in [2.45, 2.75) is 23.5 Å². The van der Waals surface area contributed by atoms with Crippen LogP contribution in [0, 0.1) is 0 Å². The number of hydrogen-bond acceptors (Lipinski definition) is 7. The summed E-state index contributed by atoms with van der Waals surface area (Å²) in [6, 6.07) is 3.16. The maximum atomic E-state index is 13.0. The van der Waals surface area contributed by atoms with Crippen molar-refractivity contribution in [2.24, 2.45) is 7.05 Å². The lowest BCUT2D eigenvalue weighted by Gasteiger charge is -2.21. The third-order valence-electron chi connectivity index (χ3n) is 4.39. The molecule has 25 heavy (non-hydrogen) atoms. The monoisotopic (exact) mass is 370 g/mol. The van der Waals surface area contributed by atoms with E-state index in [1.165, 1.54) is 44.0 Å². The number of sulfonamides is 1. The van der Waals surface area contributed by atoms with E-state index in [0.29, 0.717) is 5.52 Å². The minimum Gasteiger partial charge on any atom is -0.468 e. The molecule has 1 aliphatic rings. The molecule has 1 fully saturated rings. The quantitative estimate of drug-likeness (QED) is 0.702. The number of aromatic nitrogens is 1. The zero-order chi connectivity index (χ0) is 18.4. The van der Waals surface area contributed by atoms with E-state index < -0.39 is 33.9 Å². The molecule has 0 radical (unpaired) electrons. The van der Waals surface area contributed by atoms with Gasteiger partial charge in [0.2, 0.25) is 10.0 Å². The fourth-order valence-electron chi connectivity index (χ4n) is 2.96. The predicted molar refractivity (Wildman–Crippen MR) is 86.6 cm³/mol. The Labute approximate surface area is 143 Å². The lowest BCUT2D eigenvalue weighted by Crippen LogP contribution is -2.41. The molecule has 2 atom stereocenters. The maximum Gasteiger partial charge on any atom is 0.419 e. The average Bonchev–Trinajstić information content (AvgIpc) is 3.16. The van der Waals surface area contributed by atoms with E-state index in [4.69, 9.17) is 13.9 Å². The van der Waals surface area contributed by atoms with E-state index in [2.05, 4.69) is 0 Å². The van der Waals surface area contributed by atoms with Gasteiger partial charge in [0.05, 0.1) is 23.6 Å². The van der Waals surface area contributed by atoms with Crippen LogP contribution in [0.15, 0.2) is 32.3 Å². The molecule has 1 aromatic heterocycles. The second kappa shape index (κ2) is 6.28. The zero-order valence-corrected chi connectivity index (χ0v) is 14.8. The number of esters is 1. The van der Waals surface area contributed by atoms with Crippen LogP contribution in [0.1, 0.15) is 6.42 Å². The van der Waals surface area contributed by atoms with Gasteiger partial charge < -0.3 is 13.9 Å². The number of ether oxygens (including phenoxy) is 2. The van der Waals surface area contributed by atoms with E-state index in [0.717, 1.165) is 4.31 Å². The molecule has 10 heteroatoms. The van der Waals surface area contributed by atoms with Crippen LogP contribution in [0.2, 0.25) is 0 Å². The van der Waals surface area contributed by atoms with Crippen molar-refractivity contribution in [3.05, 3.63) is 28.7 Å². The first-order valence-electron chi connectivity index (χ1n) is 7.51. The van der Waals surface area contributed by atoms with Gasteiger partial charge in [-0.25, -0.2) is 13.2 Å². The van der Waals surface area contributed by atoms with Gasteiger partial charge in [0.15, 0.2) is 5.58 Å². The van der Waals surface area contributed by atoms with Crippen molar-refractivity contribution in [3.63, 3.8) is 0 Å². The SMILES string of the molecule is COC(=O)C1CC(OC)CN1S(=O)(=O)c1ccc2oc(=O)n(C)c2c1. The van der Waals surface area contributed by atoms with Crippen molar-refractivity contribution >= 4 is 27.1 Å². The summed E-state index contributed by atoms with van der Waals surface area (Å²) in [6.07, 6.45) is -0.185. The third kappa shape index (κ3) is 2.86. The Morgan fingerprint density at radius 1 is 1.32 bits per heavy atom. The highest BCUT2D eigenvalue weighted by Gasteiger charge is 2.44. The van der Waals surface area contributed by atoms with E-state index >= 15 is 0 Å². The second-order valence-corrected chi connectivity index (χ2v) is 7.65. The van der Waals surface area contributed by atoms with Gasteiger partial charge in [0, 0.05) is 27.1 Å². The van der Waals surface area contributed by atoms with Crippen molar-refractivity contribution in [3.8, 4) is 0 Å². The molecule has 1 aliphatic heterocycles. The van der Waals surface area contributed by atoms with Crippen molar-refractivity contribution in [1.82, 2.24) is 8.87 Å². The number of benzene rings is 1. The molecule has 2 heterocycles. The van der Waals surface area contributed by atoms with E-state index in [-0.39, 0.29) is 23.4 Å². The lowest BCUT2D eigenvalue weighted by atomic mass is 10.2. The molecular weight excluding hydrogens is 352 g/mol. The first kappa shape index (κ1) is 17.6. The van der Waals surface area contributed by atoms with Gasteiger partial charge in [-0.2, -0.15) is 4.31 Å². The largest absolute Gasteiger partial charge is 0.468 e. The molecule has 0 bridgehead atoms. The summed E-state index contributed by atoms with van der Waals surface area (Å²) in [7, 11) is 0.165. The van der Waals surface area contributed by atoms with Crippen molar-refractivity contribution in [1.29, 1.82) is 0 Å². The first-order chi connectivity index (χ1) is 11.8. The van der Waals surface area contributed by atoms with Crippen LogP contribution in [0.3, 0.4) is 0 Å². The van der Waals surface area contributed by atoms with E-state index in [1.54, 1.807) is 0 Å². The van der Waals surface area contributed by atoms with Crippen LogP contribution in [0.5, 0.6) is 0 Å². The number of fused-ring (bicyclic) bond motifs is 1. The Morgan fingerprint density at radius 3 is 2.68 bits per heavy atom. The highest BCUT2D eigenvalue weighted by atomic mass is 32.2. The summed E-state index contributed by atoms with van der Waals surface area (Å²) in [4.78, 5) is 23.5. The summed E-state index contributed by atoms with van der Waals surface area (Å²) in [5.41, 5.74) is 0.635. The van der Waals surface area contributed by atoms with E-state index in [1.807, 2.05) is 0 Å².